The quantitative estimate of drug-likeness (QED) is 0.847. The monoisotopic (exact) mass is 320 g/mol. The molecular formula is C12H17ClN2O2S2. The Hall–Kier alpha value is -0.300. The summed E-state index contributed by atoms with van der Waals surface area (Å²) in [6.07, 6.45) is 4.34. The SMILES string of the molecule is CCSC1CCCC1NS(=O)(=O)c1ccc(Cl)nc1. The standard InChI is InChI=1S/C12H17ClN2O2S2/c1-2-18-11-5-3-4-10(11)15-19(16,17)9-6-7-12(13)14-8-9/h6-8,10-11,15H,2-5H2,1H3. The van der Waals surface area contributed by atoms with E-state index < -0.39 is 10.0 Å². The molecule has 1 aliphatic rings. The molecule has 7 heteroatoms. The van der Waals surface area contributed by atoms with Crippen LogP contribution in [0, 0.1) is 0 Å². The summed E-state index contributed by atoms with van der Waals surface area (Å²) in [7, 11) is -3.50. The first-order valence-corrected chi connectivity index (χ1v) is 9.19. The van der Waals surface area contributed by atoms with Gasteiger partial charge in [0.25, 0.3) is 0 Å². The lowest BCUT2D eigenvalue weighted by atomic mass is 10.3. The van der Waals surface area contributed by atoms with E-state index in [-0.39, 0.29) is 10.9 Å². The Kier molecular flexibility index (Phi) is 5.11. The summed E-state index contributed by atoms with van der Waals surface area (Å²) >= 11 is 7.49. The van der Waals surface area contributed by atoms with Crippen molar-refractivity contribution in [3.63, 3.8) is 0 Å². The molecule has 1 fully saturated rings. The number of nitrogens with one attached hydrogen (secondary N) is 1. The maximum Gasteiger partial charge on any atom is 0.242 e. The van der Waals surface area contributed by atoms with Crippen LogP contribution >= 0.6 is 23.4 Å². The van der Waals surface area contributed by atoms with Crippen LogP contribution in [0.4, 0.5) is 0 Å². The summed E-state index contributed by atoms with van der Waals surface area (Å²) in [5, 5.41) is 0.666. The van der Waals surface area contributed by atoms with Crippen molar-refractivity contribution in [1.82, 2.24) is 9.71 Å². The molecule has 1 saturated carbocycles. The van der Waals surface area contributed by atoms with Crippen LogP contribution in [0.5, 0.6) is 0 Å². The Balaban J connectivity index is 2.10. The molecule has 0 saturated heterocycles. The van der Waals surface area contributed by atoms with Crippen molar-refractivity contribution >= 4 is 33.4 Å². The zero-order chi connectivity index (χ0) is 13.9. The maximum atomic E-state index is 12.2. The number of rotatable bonds is 5. The normalized spacial score (nSPS) is 23.7. The van der Waals surface area contributed by atoms with Gasteiger partial charge in [-0.2, -0.15) is 11.8 Å². The molecule has 4 nitrogen and oxygen atoms in total. The molecule has 0 aromatic carbocycles. The Bertz CT molecular complexity index is 519. The molecule has 0 bridgehead atoms. The van der Waals surface area contributed by atoms with Gasteiger partial charge >= 0.3 is 0 Å². The average Bonchev–Trinajstić information content (AvgIpc) is 2.77. The molecule has 0 radical (unpaired) electrons. The van der Waals surface area contributed by atoms with E-state index in [2.05, 4.69) is 16.6 Å². The number of nitrogens with zero attached hydrogens (tertiary/aromatic N) is 1. The molecule has 1 N–H and O–H groups in total. The van der Waals surface area contributed by atoms with Crippen molar-refractivity contribution in [3.8, 4) is 0 Å². The van der Waals surface area contributed by atoms with E-state index in [1.807, 2.05) is 11.8 Å². The van der Waals surface area contributed by atoms with Gasteiger partial charge in [0.15, 0.2) is 0 Å². The number of hydrogen-bond donors (Lipinski definition) is 1. The second kappa shape index (κ2) is 6.43. The number of hydrogen-bond acceptors (Lipinski definition) is 4. The van der Waals surface area contributed by atoms with Crippen molar-refractivity contribution in [2.75, 3.05) is 5.75 Å². The molecule has 0 amide bonds. The van der Waals surface area contributed by atoms with Gasteiger partial charge in [0.1, 0.15) is 10.0 Å². The first-order chi connectivity index (χ1) is 9.03. The van der Waals surface area contributed by atoms with Crippen LogP contribution in [0.3, 0.4) is 0 Å². The van der Waals surface area contributed by atoms with Gasteiger partial charge < -0.3 is 0 Å². The number of aromatic nitrogens is 1. The van der Waals surface area contributed by atoms with Crippen LogP contribution in [-0.2, 0) is 10.0 Å². The van der Waals surface area contributed by atoms with Crippen LogP contribution in [0.15, 0.2) is 23.2 Å². The molecule has 2 atom stereocenters. The fourth-order valence-corrected chi connectivity index (χ4v) is 4.91. The number of pyridine rings is 1. The summed E-state index contributed by atoms with van der Waals surface area (Å²) in [6.45, 7) is 2.09. The van der Waals surface area contributed by atoms with E-state index in [4.69, 9.17) is 11.6 Å². The van der Waals surface area contributed by atoms with Gasteiger partial charge in [-0.25, -0.2) is 18.1 Å². The highest BCUT2D eigenvalue weighted by Gasteiger charge is 2.31. The van der Waals surface area contributed by atoms with Crippen LogP contribution in [0.25, 0.3) is 0 Å². The van der Waals surface area contributed by atoms with Crippen LogP contribution in [0.1, 0.15) is 26.2 Å². The summed E-state index contributed by atoms with van der Waals surface area (Å²) in [5.74, 6) is 1.01. The molecule has 106 valence electrons. The van der Waals surface area contributed by atoms with Gasteiger partial charge in [-0.3, -0.25) is 0 Å². The van der Waals surface area contributed by atoms with Crippen molar-refractivity contribution in [3.05, 3.63) is 23.5 Å². The smallest absolute Gasteiger partial charge is 0.242 e. The Morgan fingerprint density at radius 1 is 1.47 bits per heavy atom. The number of sulfonamides is 1. The number of halogens is 1. The largest absolute Gasteiger partial charge is 0.243 e. The zero-order valence-corrected chi connectivity index (χ0v) is 13.1. The molecule has 2 unspecified atom stereocenters. The highest BCUT2D eigenvalue weighted by Crippen LogP contribution is 2.30. The number of thioether (sulfide) groups is 1. The minimum Gasteiger partial charge on any atom is -0.243 e. The predicted octanol–water partition coefficient (Wildman–Crippen LogP) is 2.69. The third-order valence-corrected chi connectivity index (χ3v) is 6.17. The van der Waals surface area contributed by atoms with Crippen LogP contribution in [-0.4, -0.2) is 30.4 Å². The molecule has 19 heavy (non-hydrogen) atoms. The topological polar surface area (TPSA) is 59.1 Å². The van der Waals surface area contributed by atoms with Gasteiger partial charge in [-0.15, -0.1) is 0 Å². The molecule has 0 aliphatic heterocycles. The predicted molar refractivity (Wildman–Crippen MR) is 79.1 cm³/mol. The second-order valence-corrected chi connectivity index (χ2v) is 8.09. The van der Waals surface area contributed by atoms with Crippen molar-refractivity contribution < 1.29 is 8.42 Å². The Morgan fingerprint density at radius 3 is 2.89 bits per heavy atom. The lowest BCUT2D eigenvalue weighted by Crippen LogP contribution is -2.38. The van der Waals surface area contributed by atoms with E-state index in [0.29, 0.717) is 10.4 Å². The second-order valence-electron chi connectivity index (χ2n) is 4.47. The van der Waals surface area contributed by atoms with Gasteiger partial charge in [-0.05, 0) is 30.7 Å². The lowest BCUT2D eigenvalue weighted by Gasteiger charge is -2.19. The first kappa shape index (κ1) is 15.1. The molecule has 1 aromatic heterocycles. The minimum atomic E-state index is -3.50. The fraction of sp³-hybridized carbons (Fsp3) is 0.583. The van der Waals surface area contributed by atoms with Crippen molar-refractivity contribution in [2.45, 2.75) is 42.4 Å². The summed E-state index contributed by atoms with van der Waals surface area (Å²) in [5.41, 5.74) is 0. The summed E-state index contributed by atoms with van der Waals surface area (Å²) < 4.78 is 27.3. The lowest BCUT2D eigenvalue weighted by molar-refractivity contribution is 0.555. The van der Waals surface area contributed by atoms with Crippen molar-refractivity contribution in [2.24, 2.45) is 0 Å². The van der Waals surface area contributed by atoms with E-state index in [0.717, 1.165) is 25.0 Å². The van der Waals surface area contributed by atoms with E-state index in [1.54, 1.807) is 0 Å². The minimum absolute atomic E-state index is 0.0191. The van der Waals surface area contributed by atoms with Gasteiger partial charge in [0.05, 0.1) is 0 Å². The van der Waals surface area contributed by atoms with E-state index in [1.165, 1.54) is 18.3 Å². The molecule has 1 heterocycles. The van der Waals surface area contributed by atoms with Gasteiger partial charge in [0, 0.05) is 17.5 Å². The molecule has 1 aromatic rings. The highest BCUT2D eigenvalue weighted by atomic mass is 35.5. The summed E-state index contributed by atoms with van der Waals surface area (Å²) in [6, 6.07) is 2.99. The first-order valence-electron chi connectivity index (χ1n) is 6.28. The molecule has 0 spiro atoms. The Morgan fingerprint density at radius 2 is 2.26 bits per heavy atom. The average molecular weight is 321 g/mol. The highest BCUT2D eigenvalue weighted by molar-refractivity contribution is 8.00. The zero-order valence-electron chi connectivity index (χ0n) is 10.7. The third kappa shape index (κ3) is 3.84. The molecular weight excluding hydrogens is 304 g/mol. The van der Waals surface area contributed by atoms with Crippen LogP contribution < -0.4 is 4.72 Å². The van der Waals surface area contributed by atoms with Gasteiger partial charge in [0.2, 0.25) is 10.0 Å². The maximum absolute atomic E-state index is 12.2. The molecule has 1 aliphatic carbocycles. The third-order valence-electron chi connectivity index (χ3n) is 3.15. The van der Waals surface area contributed by atoms with E-state index in [9.17, 15) is 8.42 Å². The summed E-state index contributed by atoms with van der Waals surface area (Å²) in [4.78, 5) is 3.99. The van der Waals surface area contributed by atoms with Crippen molar-refractivity contribution in [1.29, 1.82) is 0 Å². The Labute approximate surface area is 123 Å². The fourth-order valence-electron chi connectivity index (χ4n) is 2.26. The van der Waals surface area contributed by atoms with Crippen LogP contribution in [0.2, 0.25) is 5.15 Å². The van der Waals surface area contributed by atoms with Gasteiger partial charge in [-0.1, -0.05) is 24.9 Å². The molecule has 2 rings (SSSR count). The van der Waals surface area contributed by atoms with E-state index >= 15 is 0 Å².